The van der Waals surface area contributed by atoms with Crippen LogP contribution in [0.5, 0.6) is 0 Å². The third-order valence-corrected chi connectivity index (χ3v) is 3.26. The summed E-state index contributed by atoms with van der Waals surface area (Å²) >= 11 is 0. The molecule has 0 spiro atoms. The Balaban J connectivity index is 1.98. The summed E-state index contributed by atoms with van der Waals surface area (Å²) in [4.78, 5) is 48.1. The van der Waals surface area contributed by atoms with Crippen molar-refractivity contribution in [2.24, 2.45) is 5.92 Å². The van der Waals surface area contributed by atoms with Gasteiger partial charge in [-0.15, -0.1) is 0 Å². The Bertz CT molecular complexity index is 427. The molecule has 0 atom stereocenters. The third kappa shape index (κ3) is 2.62. The summed E-state index contributed by atoms with van der Waals surface area (Å²) in [7, 11) is 0. The molecule has 0 N–H and O–H groups in total. The van der Waals surface area contributed by atoms with E-state index in [4.69, 9.17) is 0 Å². The number of hydrogen-bond donors (Lipinski definition) is 0. The number of imide groups is 2. The molecule has 0 saturated carbocycles. The predicted octanol–water partition coefficient (Wildman–Crippen LogP) is -0.137. The minimum absolute atomic E-state index is 0.111. The second kappa shape index (κ2) is 5.17. The summed E-state index contributed by atoms with van der Waals surface area (Å²) in [5, 5.41) is 0. The first-order valence-corrected chi connectivity index (χ1v) is 6.10. The van der Waals surface area contributed by atoms with Gasteiger partial charge in [0.25, 0.3) is 23.6 Å². The lowest BCUT2D eigenvalue weighted by molar-refractivity contribution is -0.138. The molecule has 100 valence electrons. The zero-order valence-corrected chi connectivity index (χ0v) is 10.5. The molecule has 4 amide bonds. The molecule has 0 saturated heterocycles. The van der Waals surface area contributed by atoms with E-state index in [1.807, 2.05) is 6.92 Å². The zero-order chi connectivity index (χ0) is 14.0. The van der Waals surface area contributed by atoms with Crippen molar-refractivity contribution in [3.05, 3.63) is 24.3 Å². The number of carbonyl (C=O) groups is 4. The lowest BCUT2D eigenvalue weighted by Crippen LogP contribution is -2.41. The Labute approximate surface area is 110 Å². The molecular formula is C13H14N2O4. The average Bonchev–Trinajstić information content (AvgIpc) is 2.87. The Hall–Kier alpha value is -2.24. The molecule has 6 nitrogen and oxygen atoms in total. The van der Waals surface area contributed by atoms with Crippen LogP contribution in [0, 0.1) is 5.92 Å². The molecule has 0 unspecified atom stereocenters. The van der Waals surface area contributed by atoms with E-state index >= 15 is 0 Å². The molecule has 6 heteroatoms. The maximum Gasteiger partial charge on any atom is 0.253 e. The second-order valence-electron chi connectivity index (χ2n) is 4.52. The van der Waals surface area contributed by atoms with Crippen LogP contribution in [0.4, 0.5) is 0 Å². The van der Waals surface area contributed by atoms with Gasteiger partial charge in [-0.2, -0.15) is 0 Å². The molecule has 2 aliphatic heterocycles. The molecule has 0 aromatic rings. The molecule has 0 bridgehead atoms. The van der Waals surface area contributed by atoms with Gasteiger partial charge in [0.05, 0.1) is 0 Å². The van der Waals surface area contributed by atoms with Gasteiger partial charge in [-0.25, -0.2) is 0 Å². The molecule has 0 fully saturated rings. The van der Waals surface area contributed by atoms with Crippen molar-refractivity contribution >= 4 is 23.6 Å². The fourth-order valence-corrected chi connectivity index (χ4v) is 2.05. The first-order valence-electron chi connectivity index (χ1n) is 6.10. The predicted molar refractivity (Wildman–Crippen MR) is 65.5 cm³/mol. The molecule has 19 heavy (non-hydrogen) atoms. The van der Waals surface area contributed by atoms with E-state index in [1.54, 1.807) is 0 Å². The van der Waals surface area contributed by atoms with Crippen LogP contribution in [0.2, 0.25) is 0 Å². The minimum Gasteiger partial charge on any atom is -0.275 e. The van der Waals surface area contributed by atoms with Crippen molar-refractivity contribution in [2.75, 3.05) is 13.1 Å². The van der Waals surface area contributed by atoms with Gasteiger partial charge in [-0.1, -0.05) is 6.92 Å². The second-order valence-corrected chi connectivity index (χ2v) is 4.52. The maximum atomic E-state index is 11.5. The Morgan fingerprint density at radius 3 is 1.37 bits per heavy atom. The van der Waals surface area contributed by atoms with Crippen molar-refractivity contribution in [2.45, 2.75) is 13.3 Å². The number of hydrogen-bond acceptors (Lipinski definition) is 4. The molecular weight excluding hydrogens is 248 g/mol. The molecule has 2 rings (SSSR count). The molecule has 0 aromatic heterocycles. The van der Waals surface area contributed by atoms with Crippen LogP contribution < -0.4 is 0 Å². The highest BCUT2D eigenvalue weighted by Crippen LogP contribution is 2.15. The number of amides is 4. The lowest BCUT2D eigenvalue weighted by atomic mass is 10.1. The van der Waals surface area contributed by atoms with Gasteiger partial charge < -0.3 is 0 Å². The van der Waals surface area contributed by atoms with Crippen LogP contribution in [0.3, 0.4) is 0 Å². The summed E-state index contributed by atoms with van der Waals surface area (Å²) in [6, 6.07) is 0. The van der Waals surface area contributed by atoms with Gasteiger partial charge in [-0.3, -0.25) is 29.0 Å². The average molecular weight is 262 g/mol. The van der Waals surface area contributed by atoms with E-state index in [2.05, 4.69) is 0 Å². The van der Waals surface area contributed by atoms with E-state index in [1.165, 1.54) is 24.3 Å². The van der Waals surface area contributed by atoms with Gasteiger partial charge in [0.15, 0.2) is 0 Å². The Kier molecular flexibility index (Phi) is 3.59. The number of nitrogens with zero attached hydrogens (tertiary/aromatic N) is 2. The Morgan fingerprint density at radius 2 is 1.11 bits per heavy atom. The highest BCUT2D eigenvalue weighted by molar-refractivity contribution is 6.13. The van der Waals surface area contributed by atoms with E-state index in [0.29, 0.717) is 6.42 Å². The van der Waals surface area contributed by atoms with Crippen molar-refractivity contribution in [1.82, 2.24) is 9.80 Å². The molecule has 2 aliphatic rings. The molecule has 0 radical (unpaired) electrons. The van der Waals surface area contributed by atoms with Crippen LogP contribution in [0.15, 0.2) is 24.3 Å². The van der Waals surface area contributed by atoms with E-state index in [0.717, 1.165) is 9.80 Å². The highest BCUT2D eigenvalue weighted by atomic mass is 16.2. The SMILES string of the molecule is CCC(CN1C(=O)C=CC1=O)CN1C(=O)C=CC1=O. The minimum atomic E-state index is -0.347. The van der Waals surface area contributed by atoms with Gasteiger partial charge >= 0.3 is 0 Å². The van der Waals surface area contributed by atoms with Gasteiger partial charge in [0.1, 0.15) is 0 Å². The van der Waals surface area contributed by atoms with Crippen LogP contribution >= 0.6 is 0 Å². The highest BCUT2D eigenvalue weighted by Gasteiger charge is 2.30. The van der Waals surface area contributed by atoms with E-state index < -0.39 is 0 Å². The third-order valence-electron chi connectivity index (χ3n) is 3.26. The van der Waals surface area contributed by atoms with Gasteiger partial charge in [0.2, 0.25) is 0 Å². The van der Waals surface area contributed by atoms with Crippen LogP contribution in [-0.2, 0) is 19.2 Å². The first kappa shape index (κ1) is 13.2. The smallest absolute Gasteiger partial charge is 0.253 e. The van der Waals surface area contributed by atoms with E-state index in [9.17, 15) is 19.2 Å². The standard InChI is InChI=1S/C13H14N2O4/c1-2-9(7-14-10(16)3-4-11(14)17)8-15-12(18)5-6-13(15)19/h3-6,9H,2,7-8H2,1H3. The fraction of sp³-hybridized carbons (Fsp3) is 0.385. The quantitative estimate of drug-likeness (QED) is 0.646. The van der Waals surface area contributed by atoms with Crippen LogP contribution in [0.25, 0.3) is 0 Å². The van der Waals surface area contributed by atoms with Crippen LogP contribution in [-0.4, -0.2) is 46.5 Å². The van der Waals surface area contributed by atoms with Crippen LogP contribution in [0.1, 0.15) is 13.3 Å². The summed E-state index contributed by atoms with van der Waals surface area (Å²) in [6.07, 6.45) is 5.56. The molecule has 2 heterocycles. The normalized spacial score (nSPS) is 18.6. The maximum absolute atomic E-state index is 11.5. The van der Waals surface area contributed by atoms with Crippen molar-refractivity contribution < 1.29 is 19.2 Å². The molecule has 0 aromatic carbocycles. The topological polar surface area (TPSA) is 74.8 Å². The zero-order valence-electron chi connectivity index (χ0n) is 10.5. The van der Waals surface area contributed by atoms with Gasteiger partial charge in [-0.05, 0) is 12.3 Å². The first-order chi connectivity index (χ1) is 9.02. The van der Waals surface area contributed by atoms with E-state index in [-0.39, 0.29) is 42.6 Å². The fourth-order valence-electron chi connectivity index (χ4n) is 2.05. The number of rotatable bonds is 5. The van der Waals surface area contributed by atoms with Crippen molar-refractivity contribution in [3.63, 3.8) is 0 Å². The lowest BCUT2D eigenvalue weighted by Gasteiger charge is -2.25. The Morgan fingerprint density at radius 1 is 0.789 bits per heavy atom. The largest absolute Gasteiger partial charge is 0.275 e. The summed E-state index contributed by atoms with van der Waals surface area (Å²) in [5.74, 6) is -1.50. The van der Waals surface area contributed by atoms with Crippen molar-refractivity contribution in [3.8, 4) is 0 Å². The van der Waals surface area contributed by atoms with Crippen molar-refractivity contribution in [1.29, 1.82) is 0 Å². The van der Waals surface area contributed by atoms with Gasteiger partial charge in [0, 0.05) is 37.4 Å². The number of carbonyl (C=O) groups excluding carboxylic acids is 4. The summed E-state index contributed by atoms with van der Waals surface area (Å²) in [5.41, 5.74) is 0. The molecule has 0 aliphatic carbocycles. The summed E-state index contributed by atoms with van der Waals surface area (Å²) < 4.78 is 0. The monoisotopic (exact) mass is 262 g/mol. The summed E-state index contributed by atoms with van der Waals surface area (Å²) in [6.45, 7) is 2.33.